The van der Waals surface area contributed by atoms with Crippen LogP contribution in [-0.4, -0.2) is 40.8 Å². The maximum Gasteiger partial charge on any atom is 0.195 e. The largest absolute Gasteiger partial charge is 0.417 e. The van der Waals surface area contributed by atoms with Crippen molar-refractivity contribution in [2.75, 3.05) is 26.4 Å². The molecule has 0 aromatic heterocycles. The predicted octanol–water partition coefficient (Wildman–Crippen LogP) is 5.69. The molecule has 2 aliphatic rings. The van der Waals surface area contributed by atoms with Crippen molar-refractivity contribution in [3.8, 4) is 0 Å². The highest BCUT2D eigenvalue weighted by Crippen LogP contribution is 2.39. The van der Waals surface area contributed by atoms with Crippen LogP contribution in [0.2, 0.25) is 17.6 Å². The van der Waals surface area contributed by atoms with E-state index in [0.29, 0.717) is 6.10 Å². The Labute approximate surface area is 151 Å². The van der Waals surface area contributed by atoms with Crippen LogP contribution in [0, 0.1) is 0 Å². The van der Waals surface area contributed by atoms with Gasteiger partial charge in [0, 0.05) is 13.2 Å². The number of unbranched alkanes of at least 4 members (excludes halogenated alkanes) is 5. The molecule has 3 unspecified atom stereocenters. The van der Waals surface area contributed by atoms with E-state index in [9.17, 15) is 0 Å². The lowest BCUT2D eigenvalue weighted by Crippen LogP contribution is -2.45. The van der Waals surface area contributed by atoms with Crippen molar-refractivity contribution in [3.63, 3.8) is 0 Å². The fourth-order valence-electron chi connectivity index (χ4n) is 4.05. The summed E-state index contributed by atoms with van der Waals surface area (Å²) in [7, 11) is -1.53. The second-order valence-corrected chi connectivity index (χ2v) is 12.4. The lowest BCUT2D eigenvalue weighted by molar-refractivity contribution is 0.115. The van der Waals surface area contributed by atoms with Gasteiger partial charge in [-0.2, -0.15) is 0 Å². The third kappa shape index (κ3) is 7.55. The summed E-state index contributed by atoms with van der Waals surface area (Å²) in [5.74, 6) is 0. The summed E-state index contributed by atoms with van der Waals surface area (Å²) < 4.78 is 17.5. The highest BCUT2D eigenvalue weighted by molar-refractivity contribution is 6.75. The first-order valence-corrected chi connectivity index (χ1v) is 13.0. The van der Waals surface area contributed by atoms with E-state index in [1.54, 1.807) is 0 Å². The molecule has 142 valence electrons. The lowest BCUT2D eigenvalue weighted by atomic mass is 10.1. The van der Waals surface area contributed by atoms with Gasteiger partial charge in [0.2, 0.25) is 0 Å². The summed E-state index contributed by atoms with van der Waals surface area (Å²) in [5, 5.41) is 0. The van der Waals surface area contributed by atoms with E-state index >= 15 is 0 Å². The minimum atomic E-state index is -1.53. The minimum absolute atomic E-state index is 0.397. The Bertz CT molecular complexity index is 314. The van der Waals surface area contributed by atoms with Gasteiger partial charge in [-0.25, -0.2) is 0 Å². The van der Waals surface area contributed by atoms with Gasteiger partial charge in [0.25, 0.3) is 0 Å². The number of hydrogen-bond acceptors (Lipinski definition) is 3. The van der Waals surface area contributed by atoms with Crippen LogP contribution in [0.5, 0.6) is 0 Å². The topological polar surface area (TPSA) is 31.0 Å². The molecule has 3 atom stereocenters. The van der Waals surface area contributed by atoms with Crippen molar-refractivity contribution < 1.29 is 13.9 Å². The van der Waals surface area contributed by atoms with Crippen LogP contribution in [0.15, 0.2) is 0 Å². The molecule has 0 aromatic carbocycles. The molecule has 0 N–H and O–H groups in total. The van der Waals surface area contributed by atoms with Crippen molar-refractivity contribution in [2.24, 2.45) is 0 Å². The van der Waals surface area contributed by atoms with Crippen molar-refractivity contribution >= 4 is 8.32 Å². The molecule has 24 heavy (non-hydrogen) atoms. The molecular weight excluding hydrogens is 316 g/mol. The first-order valence-electron chi connectivity index (χ1n) is 10.6. The number of rotatable bonds is 14. The lowest BCUT2D eigenvalue weighted by Gasteiger charge is -2.40. The summed E-state index contributed by atoms with van der Waals surface area (Å²) >= 11 is 0. The molecular formula is C20H40O3Si. The van der Waals surface area contributed by atoms with Crippen LogP contribution in [0.3, 0.4) is 0 Å². The molecule has 0 spiro atoms. The maximum absolute atomic E-state index is 6.52. The third-order valence-electron chi connectivity index (χ3n) is 5.87. The van der Waals surface area contributed by atoms with Gasteiger partial charge < -0.3 is 13.9 Å². The molecule has 2 heterocycles. The molecule has 0 amide bonds. The summed E-state index contributed by atoms with van der Waals surface area (Å²) in [6, 6.07) is 2.69. The third-order valence-corrected chi connectivity index (χ3v) is 11.1. The smallest absolute Gasteiger partial charge is 0.195 e. The molecule has 2 rings (SSSR count). The van der Waals surface area contributed by atoms with Crippen LogP contribution in [0.1, 0.15) is 78.1 Å². The monoisotopic (exact) mass is 356 g/mol. The normalized spacial score (nSPS) is 28.0. The zero-order valence-corrected chi connectivity index (χ0v) is 17.2. The fraction of sp³-hybridized carbons (Fsp3) is 1.00. The van der Waals surface area contributed by atoms with E-state index in [0.717, 1.165) is 32.0 Å². The van der Waals surface area contributed by atoms with Gasteiger partial charge in [0.1, 0.15) is 6.10 Å². The zero-order valence-electron chi connectivity index (χ0n) is 16.2. The minimum Gasteiger partial charge on any atom is -0.417 e. The van der Waals surface area contributed by atoms with Crippen molar-refractivity contribution in [1.29, 1.82) is 0 Å². The van der Waals surface area contributed by atoms with Gasteiger partial charge in [-0.3, -0.25) is 0 Å². The van der Waals surface area contributed by atoms with E-state index in [1.165, 1.54) is 76.3 Å². The summed E-state index contributed by atoms with van der Waals surface area (Å²) in [4.78, 5) is 0. The molecule has 2 fully saturated rings. The number of ether oxygens (including phenoxy) is 2. The second kappa shape index (κ2) is 11.7. The molecule has 2 aliphatic heterocycles. The summed E-state index contributed by atoms with van der Waals surface area (Å²) in [6.07, 6.45) is 14.0. The van der Waals surface area contributed by atoms with Gasteiger partial charge in [0.15, 0.2) is 8.32 Å². The highest BCUT2D eigenvalue weighted by Gasteiger charge is 2.41. The SMILES string of the molecule is CCCCCCCCC(C)[Si]1(CCCOCC2CO2)CCCCO1. The molecule has 0 aromatic rings. The Morgan fingerprint density at radius 3 is 2.58 bits per heavy atom. The molecule has 2 saturated heterocycles. The average Bonchev–Trinajstić information content (AvgIpc) is 3.42. The Morgan fingerprint density at radius 2 is 1.88 bits per heavy atom. The van der Waals surface area contributed by atoms with Crippen LogP contribution >= 0.6 is 0 Å². The highest BCUT2D eigenvalue weighted by atomic mass is 28.4. The summed E-state index contributed by atoms with van der Waals surface area (Å²) in [6.45, 7) is 8.38. The molecule has 0 aliphatic carbocycles. The van der Waals surface area contributed by atoms with Gasteiger partial charge in [-0.15, -0.1) is 0 Å². The number of hydrogen-bond donors (Lipinski definition) is 0. The molecule has 0 radical (unpaired) electrons. The maximum atomic E-state index is 6.52. The van der Waals surface area contributed by atoms with E-state index in [-0.39, 0.29) is 0 Å². The fourth-order valence-corrected chi connectivity index (χ4v) is 8.73. The van der Waals surface area contributed by atoms with E-state index in [1.807, 2.05) is 0 Å². The van der Waals surface area contributed by atoms with E-state index in [2.05, 4.69) is 13.8 Å². The number of epoxide rings is 1. The van der Waals surface area contributed by atoms with Gasteiger partial charge in [-0.1, -0.05) is 65.2 Å². The quantitative estimate of drug-likeness (QED) is 0.228. The predicted molar refractivity (Wildman–Crippen MR) is 103 cm³/mol. The Balaban J connectivity index is 1.64. The molecule has 0 saturated carbocycles. The zero-order chi connectivity index (χ0) is 17.1. The Kier molecular flexibility index (Phi) is 9.92. The van der Waals surface area contributed by atoms with Crippen molar-refractivity contribution in [3.05, 3.63) is 0 Å². The van der Waals surface area contributed by atoms with Crippen LogP contribution in [0.25, 0.3) is 0 Å². The van der Waals surface area contributed by atoms with Gasteiger partial charge >= 0.3 is 0 Å². The van der Waals surface area contributed by atoms with Gasteiger partial charge in [0.05, 0.1) is 13.2 Å². The first-order chi connectivity index (χ1) is 11.8. The average molecular weight is 357 g/mol. The molecule has 3 nitrogen and oxygen atoms in total. The van der Waals surface area contributed by atoms with Crippen LogP contribution in [0.4, 0.5) is 0 Å². The first kappa shape index (κ1) is 20.4. The van der Waals surface area contributed by atoms with Crippen LogP contribution in [-0.2, 0) is 13.9 Å². The summed E-state index contributed by atoms with van der Waals surface area (Å²) in [5.41, 5.74) is 0.816. The van der Waals surface area contributed by atoms with E-state index in [4.69, 9.17) is 13.9 Å². The Morgan fingerprint density at radius 1 is 1.08 bits per heavy atom. The Hall–Kier alpha value is 0.0969. The van der Waals surface area contributed by atoms with Gasteiger partial charge in [-0.05, 0) is 30.5 Å². The van der Waals surface area contributed by atoms with Crippen molar-refractivity contribution in [1.82, 2.24) is 0 Å². The second-order valence-electron chi connectivity index (χ2n) is 7.96. The molecule has 0 bridgehead atoms. The standard InChI is InChI=1S/C20H40O3Si/c1-3-4-5-6-7-8-12-19(2)24(15-10-9-14-23-24)16-11-13-21-17-20-18-22-20/h19-20H,3-18H2,1-2H3. The van der Waals surface area contributed by atoms with Crippen LogP contribution < -0.4 is 0 Å². The van der Waals surface area contributed by atoms with Crippen molar-refractivity contribution in [2.45, 2.75) is 102 Å². The molecule has 4 heteroatoms. The van der Waals surface area contributed by atoms with E-state index < -0.39 is 8.32 Å².